The van der Waals surface area contributed by atoms with Gasteiger partial charge in [-0.1, -0.05) is 12.2 Å². The number of hydrogen-bond donors (Lipinski definition) is 2. The first-order valence-electron chi connectivity index (χ1n) is 4.23. The highest BCUT2D eigenvalue weighted by Gasteiger charge is 2.21. The van der Waals surface area contributed by atoms with Crippen molar-refractivity contribution in [1.29, 1.82) is 0 Å². The predicted octanol–water partition coefficient (Wildman–Crippen LogP) is -0.856. The highest BCUT2D eigenvalue weighted by atomic mass is 32.2. The normalized spacial score (nSPS) is 13.2. The molecule has 0 aliphatic carbocycles. The topological polar surface area (TPSA) is 98.5 Å². The zero-order valence-corrected chi connectivity index (χ0v) is 10.2. The molecule has 0 amide bonds. The lowest BCUT2D eigenvalue weighted by atomic mass is 10.4. The van der Waals surface area contributed by atoms with E-state index in [1.807, 2.05) is 0 Å². The lowest BCUT2D eigenvalue weighted by Gasteiger charge is -2.12. The molecule has 8 heteroatoms. The Hall–Kier alpha value is -0.730. The van der Waals surface area contributed by atoms with E-state index in [-0.39, 0.29) is 11.6 Å². The molecule has 0 fully saturated rings. The fourth-order valence-corrected chi connectivity index (χ4v) is 2.37. The number of thiocarbonyl (C=S) groups is 1. The quantitative estimate of drug-likeness (QED) is 0.473. The van der Waals surface area contributed by atoms with Crippen molar-refractivity contribution in [3.05, 3.63) is 0 Å². The molecule has 1 atom stereocenters. The number of sulfonamides is 1. The molecule has 0 radical (unpaired) electrons. The highest BCUT2D eigenvalue weighted by molar-refractivity contribution is 7.92. The molecule has 0 aliphatic rings. The highest BCUT2D eigenvalue weighted by Crippen LogP contribution is 1.93. The van der Waals surface area contributed by atoms with Gasteiger partial charge >= 0.3 is 5.97 Å². The fraction of sp³-hybridized carbons (Fsp3) is 0.714. The Bertz CT molecular complexity index is 339. The minimum Gasteiger partial charge on any atom is -0.465 e. The van der Waals surface area contributed by atoms with Crippen LogP contribution >= 0.6 is 12.2 Å². The van der Waals surface area contributed by atoms with Crippen LogP contribution in [0, 0.1) is 0 Å². The van der Waals surface area contributed by atoms with Crippen LogP contribution in [0.3, 0.4) is 0 Å². The summed E-state index contributed by atoms with van der Waals surface area (Å²) in [6.07, 6.45) is 0. The molecule has 0 aromatic heterocycles. The van der Waals surface area contributed by atoms with Crippen molar-refractivity contribution >= 4 is 33.2 Å². The fourth-order valence-electron chi connectivity index (χ4n) is 0.814. The number of carbonyl (C=O) groups is 1. The predicted molar refractivity (Wildman–Crippen MR) is 59.8 cm³/mol. The van der Waals surface area contributed by atoms with Crippen LogP contribution in [-0.4, -0.2) is 37.8 Å². The minimum absolute atomic E-state index is 0.154. The van der Waals surface area contributed by atoms with Gasteiger partial charge in [-0.3, -0.25) is 4.79 Å². The van der Waals surface area contributed by atoms with Gasteiger partial charge in [0.25, 0.3) is 0 Å². The Morgan fingerprint density at radius 3 is 2.53 bits per heavy atom. The summed E-state index contributed by atoms with van der Waals surface area (Å²) >= 11 is 4.46. The molecule has 0 aromatic rings. The Balaban J connectivity index is 4.34. The summed E-state index contributed by atoms with van der Waals surface area (Å²) < 4.78 is 29.3. The molecule has 0 aromatic carbocycles. The van der Waals surface area contributed by atoms with Crippen LogP contribution in [0.25, 0.3) is 0 Å². The molecule has 0 heterocycles. The van der Waals surface area contributed by atoms with Crippen LogP contribution in [0.1, 0.15) is 13.8 Å². The van der Waals surface area contributed by atoms with Gasteiger partial charge in [-0.05, 0) is 13.8 Å². The number of carbonyl (C=O) groups excluding carboxylic acids is 1. The molecule has 15 heavy (non-hydrogen) atoms. The third-order valence-electron chi connectivity index (χ3n) is 1.33. The van der Waals surface area contributed by atoms with Gasteiger partial charge in [-0.25, -0.2) is 13.1 Å². The van der Waals surface area contributed by atoms with Gasteiger partial charge in [0.15, 0.2) is 0 Å². The maximum atomic E-state index is 11.3. The lowest BCUT2D eigenvalue weighted by Crippen LogP contribution is -2.42. The number of nitrogens with two attached hydrogens (primary N) is 1. The van der Waals surface area contributed by atoms with Crippen molar-refractivity contribution in [1.82, 2.24) is 4.72 Å². The molecule has 0 saturated carbocycles. The van der Waals surface area contributed by atoms with Crippen molar-refractivity contribution in [3.63, 3.8) is 0 Å². The van der Waals surface area contributed by atoms with Gasteiger partial charge < -0.3 is 10.5 Å². The summed E-state index contributed by atoms with van der Waals surface area (Å²) in [4.78, 5) is 10.9. The van der Waals surface area contributed by atoms with Crippen LogP contribution in [0.2, 0.25) is 0 Å². The Morgan fingerprint density at radius 1 is 1.60 bits per heavy atom. The minimum atomic E-state index is -3.66. The smallest absolute Gasteiger partial charge is 0.323 e. The van der Waals surface area contributed by atoms with E-state index in [1.165, 1.54) is 6.92 Å². The Kier molecular flexibility index (Phi) is 5.69. The van der Waals surface area contributed by atoms with Crippen LogP contribution in [0.4, 0.5) is 0 Å². The number of rotatable bonds is 6. The van der Waals surface area contributed by atoms with E-state index >= 15 is 0 Å². The molecular weight excluding hydrogens is 240 g/mol. The van der Waals surface area contributed by atoms with E-state index in [0.29, 0.717) is 0 Å². The summed E-state index contributed by atoms with van der Waals surface area (Å²) in [5, 5.41) is 0. The molecular formula is C7H14N2O4S2. The molecule has 88 valence electrons. The maximum absolute atomic E-state index is 11.3. The summed E-state index contributed by atoms with van der Waals surface area (Å²) in [7, 11) is -3.66. The maximum Gasteiger partial charge on any atom is 0.323 e. The second-order valence-corrected chi connectivity index (χ2v) is 5.10. The van der Waals surface area contributed by atoms with Crippen molar-refractivity contribution in [3.8, 4) is 0 Å². The zero-order valence-electron chi connectivity index (χ0n) is 8.52. The Labute approximate surface area is 94.2 Å². The SMILES string of the molecule is CCOC(=O)C(C)NS(=O)(=O)CC(N)=S. The van der Waals surface area contributed by atoms with Crippen LogP contribution < -0.4 is 10.5 Å². The molecule has 1 unspecified atom stereocenters. The van der Waals surface area contributed by atoms with E-state index < -0.39 is 27.8 Å². The second-order valence-electron chi connectivity index (χ2n) is 2.82. The van der Waals surface area contributed by atoms with Crippen LogP contribution in [0.5, 0.6) is 0 Å². The van der Waals surface area contributed by atoms with Gasteiger partial charge in [0, 0.05) is 0 Å². The van der Waals surface area contributed by atoms with E-state index in [9.17, 15) is 13.2 Å². The second kappa shape index (κ2) is 5.99. The number of esters is 1. The van der Waals surface area contributed by atoms with Crippen LogP contribution in [0.15, 0.2) is 0 Å². The molecule has 6 nitrogen and oxygen atoms in total. The molecule has 0 aliphatic heterocycles. The lowest BCUT2D eigenvalue weighted by molar-refractivity contribution is -0.144. The van der Waals surface area contributed by atoms with Gasteiger partial charge in [0.2, 0.25) is 10.0 Å². The largest absolute Gasteiger partial charge is 0.465 e. The number of nitrogens with one attached hydrogen (secondary N) is 1. The van der Waals surface area contributed by atoms with E-state index in [2.05, 4.69) is 21.7 Å². The van der Waals surface area contributed by atoms with Crippen LogP contribution in [-0.2, 0) is 19.6 Å². The molecule has 0 rings (SSSR count). The van der Waals surface area contributed by atoms with Crippen molar-refractivity contribution in [2.45, 2.75) is 19.9 Å². The standard InChI is InChI=1S/C7H14N2O4S2/c1-3-13-7(10)5(2)9-15(11,12)4-6(8)14/h5,9H,3-4H2,1-2H3,(H2,8,14). The number of hydrogen-bond acceptors (Lipinski definition) is 5. The van der Waals surface area contributed by atoms with Crippen molar-refractivity contribution < 1.29 is 17.9 Å². The van der Waals surface area contributed by atoms with E-state index in [0.717, 1.165) is 0 Å². The van der Waals surface area contributed by atoms with E-state index in [1.54, 1.807) is 6.92 Å². The summed E-state index contributed by atoms with van der Waals surface area (Å²) in [6, 6.07) is -0.940. The average molecular weight is 254 g/mol. The molecule has 0 saturated heterocycles. The number of ether oxygens (including phenoxy) is 1. The Morgan fingerprint density at radius 2 is 2.13 bits per heavy atom. The first-order chi connectivity index (χ1) is 6.78. The third-order valence-corrected chi connectivity index (χ3v) is 3.06. The molecule has 0 spiro atoms. The van der Waals surface area contributed by atoms with Gasteiger partial charge in [0.05, 0.1) is 11.6 Å². The third kappa shape index (κ3) is 6.37. The van der Waals surface area contributed by atoms with Crippen molar-refractivity contribution in [2.24, 2.45) is 5.73 Å². The zero-order chi connectivity index (χ0) is 12.1. The first-order valence-corrected chi connectivity index (χ1v) is 6.29. The van der Waals surface area contributed by atoms with E-state index in [4.69, 9.17) is 5.73 Å². The van der Waals surface area contributed by atoms with Gasteiger partial charge in [-0.15, -0.1) is 0 Å². The monoisotopic (exact) mass is 254 g/mol. The van der Waals surface area contributed by atoms with Gasteiger partial charge in [0.1, 0.15) is 11.8 Å². The summed E-state index contributed by atoms with van der Waals surface area (Å²) in [5.74, 6) is -1.12. The molecule has 0 bridgehead atoms. The van der Waals surface area contributed by atoms with Crippen molar-refractivity contribution in [2.75, 3.05) is 12.4 Å². The summed E-state index contributed by atoms with van der Waals surface area (Å²) in [5.41, 5.74) is 5.09. The van der Waals surface area contributed by atoms with Gasteiger partial charge in [-0.2, -0.15) is 0 Å². The first kappa shape index (κ1) is 14.3. The summed E-state index contributed by atoms with van der Waals surface area (Å²) in [6.45, 7) is 3.21. The molecule has 3 N–H and O–H groups in total. The average Bonchev–Trinajstić information content (AvgIpc) is 2.00.